The fourth-order valence-corrected chi connectivity index (χ4v) is 2.83. The van der Waals surface area contributed by atoms with Gasteiger partial charge >= 0.3 is 6.03 Å². The zero-order valence-corrected chi connectivity index (χ0v) is 13.0. The number of amides is 2. The number of nitrogens with one attached hydrogen (secondary N) is 3. The Morgan fingerprint density at radius 3 is 2.86 bits per heavy atom. The van der Waals surface area contributed by atoms with Crippen LogP contribution in [0.25, 0.3) is 10.6 Å². The van der Waals surface area contributed by atoms with Gasteiger partial charge in [0.05, 0.1) is 6.20 Å². The molecule has 10 heteroatoms. The predicted molar refractivity (Wildman–Crippen MR) is 82.7 cm³/mol. The third-order valence-corrected chi connectivity index (χ3v) is 4.20. The normalized spacial score (nSPS) is 10.0. The van der Waals surface area contributed by atoms with E-state index in [1.54, 1.807) is 0 Å². The van der Waals surface area contributed by atoms with Gasteiger partial charge < -0.3 is 5.32 Å². The minimum Gasteiger partial charge on any atom is -0.340 e. The van der Waals surface area contributed by atoms with Crippen LogP contribution in [0.2, 0.25) is 5.15 Å². The van der Waals surface area contributed by atoms with E-state index < -0.39 is 11.8 Å². The van der Waals surface area contributed by atoms with Gasteiger partial charge in [0, 0.05) is 18.8 Å². The number of carbonyl (C=O) groups is 1. The van der Waals surface area contributed by atoms with E-state index in [-0.39, 0.29) is 10.1 Å². The molecule has 0 aromatic carbocycles. The molecule has 0 saturated heterocycles. The number of pyridine rings is 1. The molecule has 2 rings (SSSR count). The lowest BCUT2D eigenvalue weighted by Gasteiger charge is -2.07. The number of hydrazine groups is 1. The summed E-state index contributed by atoms with van der Waals surface area (Å²) in [5.41, 5.74) is 5.35. The van der Waals surface area contributed by atoms with Crippen LogP contribution in [0.1, 0.15) is 4.88 Å². The van der Waals surface area contributed by atoms with Crippen LogP contribution < -0.4 is 16.2 Å². The lowest BCUT2D eigenvalue weighted by molar-refractivity contribution is 0.241. The molecule has 110 valence electrons. The van der Waals surface area contributed by atoms with Gasteiger partial charge in [-0.2, -0.15) is 0 Å². The van der Waals surface area contributed by atoms with Crippen LogP contribution >= 0.6 is 35.2 Å². The molecule has 0 radical (unpaired) electrons. The predicted octanol–water partition coefficient (Wildman–Crippen LogP) is 2.11. The first-order valence-corrected chi connectivity index (χ1v) is 7.17. The molecule has 0 fully saturated rings. The Bertz CT molecular complexity index is 693. The Morgan fingerprint density at radius 1 is 1.43 bits per heavy atom. The molecule has 0 saturated carbocycles. The van der Waals surface area contributed by atoms with E-state index in [1.165, 1.54) is 19.3 Å². The molecule has 2 heterocycles. The number of thiazole rings is 1. The molecule has 0 atom stereocenters. The van der Waals surface area contributed by atoms with Crippen molar-refractivity contribution in [3.05, 3.63) is 34.3 Å². The highest BCUT2D eigenvalue weighted by molar-refractivity contribution is 7.81. The van der Waals surface area contributed by atoms with Crippen LogP contribution in [0.5, 0.6) is 0 Å². The number of nitrogens with zero attached hydrogens (tertiary/aromatic N) is 2. The summed E-state index contributed by atoms with van der Waals surface area (Å²) in [4.78, 5) is 19.6. The highest BCUT2D eigenvalue weighted by Gasteiger charge is 2.15. The van der Waals surface area contributed by atoms with Crippen molar-refractivity contribution in [2.45, 2.75) is 0 Å². The van der Waals surface area contributed by atoms with Crippen molar-refractivity contribution in [2.24, 2.45) is 0 Å². The Labute approximate surface area is 133 Å². The molecule has 0 spiro atoms. The van der Waals surface area contributed by atoms with E-state index >= 15 is 0 Å². The number of hydrogen-bond donors (Lipinski definition) is 3. The van der Waals surface area contributed by atoms with E-state index in [2.05, 4.69) is 26.1 Å². The second-order valence-electron chi connectivity index (χ2n) is 3.69. The van der Waals surface area contributed by atoms with E-state index in [4.69, 9.17) is 23.8 Å². The van der Waals surface area contributed by atoms with Crippen molar-refractivity contribution in [1.82, 2.24) is 26.1 Å². The summed E-state index contributed by atoms with van der Waals surface area (Å²) in [6.45, 7) is 0. The second kappa shape index (κ2) is 6.74. The average Bonchev–Trinajstić information content (AvgIpc) is 2.86. The Hall–Kier alpha value is -1.84. The van der Waals surface area contributed by atoms with Crippen molar-refractivity contribution in [3.8, 4) is 10.6 Å². The number of thiocarbonyl (C=S) groups is 1. The average molecular weight is 346 g/mol. The molecule has 2 aromatic rings. The third-order valence-electron chi connectivity index (χ3n) is 2.26. The van der Waals surface area contributed by atoms with Gasteiger partial charge in [0.2, 0.25) is 0 Å². The van der Waals surface area contributed by atoms with E-state index in [1.807, 2.05) is 0 Å². The van der Waals surface area contributed by atoms with Crippen LogP contribution in [0.3, 0.4) is 0 Å². The molecule has 21 heavy (non-hydrogen) atoms. The zero-order valence-electron chi connectivity index (χ0n) is 10.6. The van der Waals surface area contributed by atoms with E-state index in [0.717, 1.165) is 17.5 Å². The fraction of sp³-hybridized carbons (Fsp3) is 0.0909. The molecule has 0 bridgehead atoms. The second-order valence-corrected chi connectivity index (χ2v) is 5.45. The maximum Gasteiger partial charge on any atom is 0.333 e. The van der Waals surface area contributed by atoms with Gasteiger partial charge in [-0.05, 0) is 6.07 Å². The summed E-state index contributed by atoms with van der Waals surface area (Å²) in [5, 5.41) is 3.00. The monoisotopic (exact) mass is 345 g/mol. The third kappa shape index (κ3) is 3.84. The van der Waals surface area contributed by atoms with Crippen LogP contribution in [-0.2, 0) is 0 Å². The van der Waals surface area contributed by atoms with Crippen molar-refractivity contribution in [1.29, 1.82) is 0 Å². The lowest BCUT2D eigenvalue weighted by atomic mass is 10.3. The fourth-order valence-electron chi connectivity index (χ4n) is 1.33. The molecule has 0 aliphatic rings. The van der Waals surface area contributed by atoms with Crippen LogP contribution in [0, 0.1) is 5.82 Å². The van der Waals surface area contributed by atoms with Crippen molar-refractivity contribution in [3.63, 3.8) is 0 Å². The minimum absolute atomic E-state index is 0.162. The smallest absolute Gasteiger partial charge is 0.333 e. The quantitative estimate of drug-likeness (QED) is 0.574. The number of hydrogen-bond acceptors (Lipinski definition) is 5. The van der Waals surface area contributed by atoms with Gasteiger partial charge in [0.25, 0.3) is 0 Å². The number of urea groups is 1. The molecule has 6 nitrogen and oxygen atoms in total. The Kier molecular flexibility index (Phi) is 4.99. The number of aromatic nitrogens is 2. The Balaban J connectivity index is 2.19. The first kappa shape index (κ1) is 15.5. The highest BCUT2D eigenvalue weighted by atomic mass is 35.5. The SMILES string of the molecule is CNC(=O)NNC(=S)c1sc(-c2cncc(F)c2)nc1Cl. The van der Waals surface area contributed by atoms with Gasteiger partial charge in [-0.25, -0.2) is 14.2 Å². The summed E-state index contributed by atoms with van der Waals surface area (Å²) in [5.74, 6) is -0.470. The highest BCUT2D eigenvalue weighted by Crippen LogP contribution is 2.30. The lowest BCUT2D eigenvalue weighted by Crippen LogP contribution is -2.45. The topological polar surface area (TPSA) is 78.9 Å². The van der Waals surface area contributed by atoms with Gasteiger partial charge in [-0.15, -0.1) is 11.3 Å². The summed E-state index contributed by atoms with van der Waals surface area (Å²) < 4.78 is 13.2. The maximum atomic E-state index is 13.2. The molecule has 3 N–H and O–H groups in total. The molecule has 0 aliphatic heterocycles. The zero-order chi connectivity index (χ0) is 15.4. The summed E-state index contributed by atoms with van der Waals surface area (Å²) >= 11 is 12.3. The minimum atomic E-state index is -0.470. The number of rotatable bonds is 2. The molecular weight excluding hydrogens is 337 g/mol. The summed E-state index contributed by atoms with van der Waals surface area (Å²) in [6, 6.07) is 0.845. The standard InChI is InChI=1S/C11H9ClFN5OS2/c1-14-11(19)18-17-9(20)7-8(12)16-10(21-7)5-2-6(13)4-15-3-5/h2-4H,1H3,(H,17,20)(H2,14,18,19). The number of halogens is 2. The largest absolute Gasteiger partial charge is 0.340 e. The van der Waals surface area contributed by atoms with Gasteiger partial charge in [-0.3, -0.25) is 15.8 Å². The van der Waals surface area contributed by atoms with Crippen LogP contribution in [-0.4, -0.2) is 28.0 Å². The Morgan fingerprint density at radius 2 is 2.19 bits per heavy atom. The van der Waals surface area contributed by atoms with Crippen molar-refractivity contribution >= 4 is 46.2 Å². The van der Waals surface area contributed by atoms with Crippen LogP contribution in [0.15, 0.2) is 18.5 Å². The van der Waals surface area contributed by atoms with Crippen molar-refractivity contribution in [2.75, 3.05) is 7.05 Å². The van der Waals surface area contributed by atoms with E-state index in [0.29, 0.717) is 15.4 Å². The number of carbonyl (C=O) groups excluding carboxylic acids is 1. The van der Waals surface area contributed by atoms with Gasteiger partial charge in [0.1, 0.15) is 20.7 Å². The first-order valence-electron chi connectivity index (χ1n) is 5.56. The van der Waals surface area contributed by atoms with Crippen LogP contribution in [0.4, 0.5) is 9.18 Å². The van der Waals surface area contributed by atoms with Crippen molar-refractivity contribution < 1.29 is 9.18 Å². The molecule has 0 aliphatic carbocycles. The van der Waals surface area contributed by atoms with E-state index in [9.17, 15) is 9.18 Å². The molecule has 2 amide bonds. The van der Waals surface area contributed by atoms with Gasteiger partial charge in [-0.1, -0.05) is 23.8 Å². The summed E-state index contributed by atoms with van der Waals surface area (Å²) in [6.07, 6.45) is 2.57. The molecule has 2 aromatic heterocycles. The first-order chi connectivity index (χ1) is 10.0. The summed E-state index contributed by atoms with van der Waals surface area (Å²) in [7, 11) is 1.47. The molecule has 0 unspecified atom stereocenters. The van der Waals surface area contributed by atoms with Gasteiger partial charge in [0.15, 0.2) is 5.15 Å². The maximum absolute atomic E-state index is 13.2. The molecular formula is C11H9ClFN5OS2.